The third kappa shape index (κ3) is 4.31. The number of anilines is 1. The molecule has 0 aliphatic rings. The molecule has 0 bridgehead atoms. The Morgan fingerprint density at radius 3 is 2.50 bits per heavy atom. The number of thiocarbonyl (C=S) groups is 1. The second-order valence-electron chi connectivity index (χ2n) is 4.97. The van der Waals surface area contributed by atoms with E-state index in [0.717, 1.165) is 21.5 Å². The number of rotatable bonds is 4. The number of halogens is 1. The highest BCUT2D eigenvalue weighted by atomic mass is 79.9. The van der Waals surface area contributed by atoms with Crippen LogP contribution < -0.4 is 10.7 Å². The van der Waals surface area contributed by atoms with E-state index in [1.807, 2.05) is 77.5 Å². The van der Waals surface area contributed by atoms with Gasteiger partial charge in [0.2, 0.25) is 0 Å². The van der Waals surface area contributed by atoms with E-state index in [4.69, 9.17) is 12.2 Å². The Kier molecular flexibility index (Phi) is 5.40. The molecule has 0 fully saturated rings. The lowest BCUT2D eigenvalue weighted by molar-refractivity contribution is 1.03. The summed E-state index contributed by atoms with van der Waals surface area (Å²) in [4.78, 5) is 0. The molecule has 24 heavy (non-hydrogen) atoms. The zero-order valence-electron chi connectivity index (χ0n) is 12.7. The summed E-state index contributed by atoms with van der Waals surface area (Å²) in [5.41, 5.74) is 5.76. The van der Waals surface area contributed by atoms with Gasteiger partial charge in [0.1, 0.15) is 0 Å². The average Bonchev–Trinajstić information content (AvgIpc) is 3.05. The first-order chi connectivity index (χ1) is 11.7. The lowest BCUT2D eigenvalue weighted by Crippen LogP contribution is -2.23. The number of nitrogens with one attached hydrogen (secondary N) is 2. The van der Waals surface area contributed by atoms with Gasteiger partial charge in [-0.1, -0.05) is 34.1 Å². The Hall–Kier alpha value is -2.44. The monoisotopic (exact) mass is 398 g/mol. The Labute approximate surface area is 154 Å². The van der Waals surface area contributed by atoms with Crippen LogP contribution in [0.4, 0.5) is 5.69 Å². The van der Waals surface area contributed by atoms with Gasteiger partial charge in [0.15, 0.2) is 5.11 Å². The molecule has 0 atom stereocenters. The highest BCUT2D eigenvalue weighted by Gasteiger charge is 2.01. The molecule has 3 rings (SSSR count). The maximum Gasteiger partial charge on any atom is 0.191 e. The van der Waals surface area contributed by atoms with Gasteiger partial charge in [-0.2, -0.15) is 5.10 Å². The second-order valence-corrected chi connectivity index (χ2v) is 6.29. The third-order valence-corrected chi connectivity index (χ3v) is 4.00. The van der Waals surface area contributed by atoms with E-state index in [2.05, 4.69) is 31.8 Å². The second kappa shape index (κ2) is 7.90. The van der Waals surface area contributed by atoms with Crippen LogP contribution in [0.1, 0.15) is 5.69 Å². The molecule has 0 spiro atoms. The first-order valence-electron chi connectivity index (χ1n) is 7.31. The van der Waals surface area contributed by atoms with Crippen molar-refractivity contribution in [3.63, 3.8) is 0 Å². The van der Waals surface area contributed by atoms with Crippen LogP contribution in [0.5, 0.6) is 0 Å². The summed E-state index contributed by atoms with van der Waals surface area (Å²) in [6.45, 7) is 0. The quantitative estimate of drug-likeness (QED) is 0.384. The van der Waals surface area contributed by atoms with Crippen LogP contribution >= 0.6 is 28.1 Å². The van der Waals surface area contributed by atoms with Crippen molar-refractivity contribution in [3.8, 4) is 5.69 Å². The minimum absolute atomic E-state index is 0.444. The number of hydrogen-bond donors (Lipinski definition) is 2. The smallest absolute Gasteiger partial charge is 0.191 e. The Morgan fingerprint density at radius 2 is 1.75 bits per heavy atom. The van der Waals surface area contributed by atoms with Crippen molar-refractivity contribution in [2.24, 2.45) is 5.10 Å². The zero-order valence-corrected chi connectivity index (χ0v) is 15.1. The molecule has 2 aromatic carbocycles. The third-order valence-electron chi connectivity index (χ3n) is 3.28. The van der Waals surface area contributed by atoms with Crippen LogP contribution in [0.25, 0.3) is 5.69 Å². The van der Waals surface area contributed by atoms with Crippen molar-refractivity contribution in [1.82, 2.24) is 9.99 Å². The van der Waals surface area contributed by atoms with Crippen molar-refractivity contribution in [2.75, 3.05) is 5.32 Å². The average molecular weight is 399 g/mol. The minimum atomic E-state index is 0.444. The van der Waals surface area contributed by atoms with E-state index < -0.39 is 0 Å². The van der Waals surface area contributed by atoms with Gasteiger partial charge in [-0.15, -0.1) is 0 Å². The zero-order chi connectivity index (χ0) is 16.8. The maximum absolute atomic E-state index is 5.22. The van der Waals surface area contributed by atoms with E-state index in [0.29, 0.717) is 5.11 Å². The number of hydrogen-bond acceptors (Lipinski definition) is 2. The van der Waals surface area contributed by atoms with Crippen LogP contribution in [0.15, 0.2) is 82.5 Å². The van der Waals surface area contributed by atoms with Crippen molar-refractivity contribution < 1.29 is 0 Å². The van der Waals surface area contributed by atoms with Crippen molar-refractivity contribution in [3.05, 3.63) is 83.1 Å². The summed E-state index contributed by atoms with van der Waals surface area (Å²) in [7, 11) is 0. The Balaban J connectivity index is 1.64. The molecule has 6 heteroatoms. The molecule has 0 aliphatic carbocycles. The molecule has 0 unspecified atom stereocenters. The van der Waals surface area contributed by atoms with Crippen molar-refractivity contribution in [2.45, 2.75) is 0 Å². The number of hydrazone groups is 1. The van der Waals surface area contributed by atoms with E-state index in [9.17, 15) is 0 Å². The summed E-state index contributed by atoms with van der Waals surface area (Å²) >= 11 is 8.67. The highest BCUT2D eigenvalue weighted by molar-refractivity contribution is 9.10. The first-order valence-corrected chi connectivity index (χ1v) is 8.51. The Morgan fingerprint density at radius 1 is 1.00 bits per heavy atom. The molecule has 1 heterocycles. The number of benzene rings is 2. The van der Waals surface area contributed by atoms with Crippen molar-refractivity contribution in [1.29, 1.82) is 0 Å². The molecule has 0 radical (unpaired) electrons. The standard InChI is InChI=1S/C18H15BrN4S/c19-14-8-10-16(11-9-14)23-12-4-7-17(23)13-20-22-18(24)21-15-5-2-1-3-6-15/h1-13H,(H2,21,22,24). The largest absolute Gasteiger partial charge is 0.331 e. The van der Waals surface area contributed by atoms with Crippen LogP contribution in [0, 0.1) is 0 Å². The van der Waals surface area contributed by atoms with Gasteiger partial charge in [0, 0.05) is 22.0 Å². The highest BCUT2D eigenvalue weighted by Crippen LogP contribution is 2.15. The molecule has 120 valence electrons. The topological polar surface area (TPSA) is 41.4 Å². The fraction of sp³-hybridized carbons (Fsp3) is 0. The summed E-state index contributed by atoms with van der Waals surface area (Å²) < 4.78 is 3.10. The van der Waals surface area contributed by atoms with E-state index >= 15 is 0 Å². The maximum atomic E-state index is 5.22. The van der Waals surface area contributed by atoms with Gasteiger partial charge in [-0.05, 0) is 60.7 Å². The molecule has 1 aromatic heterocycles. The molecule has 3 aromatic rings. The minimum Gasteiger partial charge on any atom is -0.331 e. The van der Waals surface area contributed by atoms with Gasteiger partial charge >= 0.3 is 0 Å². The fourth-order valence-corrected chi connectivity index (χ4v) is 2.61. The van der Waals surface area contributed by atoms with Gasteiger partial charge in [0.05, 0.1) is 11.9 Å². The Bertz CT molecular complexity index is 841. The van der Waals surface area contributed by atoms with Crippen LogP contribution in [-0.4, -0.2) is 15.9 Å². The molecule has 0 saturated heterocycles. The predicted octanol–water partition coefficient (Wildman–Crippen LogP) is 4.56. The molecular formula is C18H15BrN4S. The fourth-order valence-electron chi connectivity index (χ4n) is 2.17. The first kappa shape index (κ1) is 16.4. The summed E-state index contributed by atoms with van der Waals surface area (Å²) in [5.74, 6) is 0. The molecule has 2 N–H and O–H groups in total. The predicted molar refractivity (Wildman–Crippen MR) is 107 cm³/mol. The van der Waals surface area contributed by atoms with Crippen LogP contribution in [0.3, 0.4) is 0 Å². The summed E-state index contributed by atoms with van der Waals surface area (Å²) in [6.07, 6.45) is 3.73. The van der Waals surface area contributed by atoms with E-state index in [1.165, 1.54) is 0 Å². The molecule has 0 saturated carbocycles. The number of para-hydroxylation sites is 1. The van der Waals surface area contributed by atoms with Crippen LogP contribution in [-0.2, 0) is 0 Å². The SMILES string of the molecule is S=C(NN=Cc1cccn1-c1ccc(Br)cc1)Nc1ccccc1. The van der Waals surface area contributed by atoms with Gasteiger partial charge in [0.25, 0.3) is 0 Å². The van der Waals surface area contributed by atoms with E-state index in [1.54, 1.807) is 6.21 Å². The molecular weight excluding hydrogens is 384 g/mol. The van der Waals surface area contributed by atoms with Crippen molar-refractivity contribution >= 4 is 45.2 Å². The van der Waals surface area contributed by atoms with Gasteiger partial charge in [-0.3, -0.25) is 5.43 Å². The number of nitrogens with zero attached hydrogens (tertiary/aromatic N) is 2. The van der Waals surface area contributed by atoms with Crippen LogP contribution in [0.2, 0.25) is 0 Å². The normalized spacial score (nSPS) is 10.7. The molecule has 0 aliphatic heterocycles. The van der Waals surface area contributed by atoms with Gasteiger partial charge in [-0.25, -0.2) is 0 Å². The van der Waals surface area contributed by atoms with E-state index in [-0.39, 0.29) is 0 Å². The number of aromatic nitrogens is 1. The lowest BCUT2D eigenvalue weighted by atomic mass is 10.3. The summed E-state index contributed by atoms with van der Waals surface area (Å²) in [6, 6.07) is 21.8. The summed E-state index contributed by atoms with van der Waals surface area (Å²) in [5, 5.41) is 7.72. The lowest BCUT2D eigenvalue weighted by Gasteiger charge is -2.08. The molecule has 0 amide bonds. The van der Waals surface area contributed by atoms with Gasteiger partial charge < -0.3 is 9.88 Å². The molecule has 4 nitrogen and oxygen atoms in total.